The van der Waals surface area contributed by atoms with Gasteiger partial charge in [-0.15, -0.1) is 0 Å². The van der Waals surface area contributed by atoms with Crippen LogP contribution in [0.2, 0.25) is 0 Å². The SMILES string of the molecule is O=C1CC[C@H](C(=O)Nc2ccc(-n3ncc4ccccc43)cc2)CN1. The lowest BCUT2D eigenvalue weighted by atomic mass is 9.98. The Morgan fingerprint density at radius 3 is 2.72 bits per heavy atom. The molecule has 2 heterocycles. The van der Waals surface area contributed by atoms with Gasteiger partial charge in [0.1, 0.15) is 0 Å². The lowest BCUT2D eigenvalue weighted by molar-refractivity contribution is -0.126. The van der Waals surface area contributed by atoms with Gasteiger partial charge in [0, 0.05) is 24.0 Å². The van der Waals surface area contributed by atoms with Crippen molar-refractivity contribution in [3.05, 3.63) is 54.7 Å². The smallest absolute Gasteiger partial charge is 0.229 e. The molecule has 1 aliphatic rings. The summed E-state index contributed by atoms with van der Waals surface area (Å²) in [6.45, 7) is 0.405. The van der Waals surface area contributed by atoms with E-state index >= 15 is 0 Å². The number of benzene rings is 2. The fraction of sp³-hybridized carbons (Fsp3) is 0.211. The number of aromatic nitrogens is 2. The normalized spacial score (nSPS) is 17.3. The minimum atomic E-state index is -0.174. The summed E-state index contributed by atoms with van der Waals surface area (Å²) in [5.41, 5.74) is 2.71. The van der Waals surface area contributed by atoms with Gasteiger partial charge in [-0.1, -0.05) is 18.2 Å². The van der Waals surface area contributed by atoms with E-state index in [4.69, 9.17) is 0 Å². The molecule has 126 valence electrons. The molecule has 6 nitrogen and oxygen atoms in total. The van der Waals surface area contributed by atoms with Crippen molar-refractivity contribution < 1.29 is 9.59 Å². The third kappa shape index (κ3) is 3.10. The molecule has 6 heteroatoms. The molecular weight excluding hydrogens is 316 g/mol. The van der Waals surface area contributed by atoms with Gasteiger partial charge >= 0.3 is 0 Å². The van der Waals surface area contributed by atoms with Crippen LogP contribution in [0.4, 0.5) is 5.69 Å². The number of nitrogens with zero attached hydrogens (tertiary/aromatic N) is 2. The summed E-state index contributed by atoms with van der Waals surface area (Å²) in [5, 5.41) is 11.2. The second-order valence-electron chi connectivity index (χ2n) is 6.19. The van der Waals surface area contributed by atoms with E-state index in [1.807, 2.05) is 59.4 Å². The molecule has 3 aromatic rings. The highest BCUT2D eigenvalue weighted by Gasteiger charge is 2.24. The molecular formula is C19H18N4O2. The minimum absolute atomic E-state index is 0.0138. The highest BCUT2D eigenvalue weighted by molar-refractivity contribution is 5.94. The van der Waals surface area contributed by atoms with Crippen LogP contribution in [0.1, 0.15) is 12.8 Å². The maximum atomic E-state index is 12.3. The molecule has 1 aliphatic heterocycles. The number of fused-ring (bicyclic) bond motifs is 1. The van der Waals surface area contributed by atoms with Crippen molar-refractivity contribution in [3.8, 4) is 5.69 Å². The topological polar surface area (TPSA) is 76.0 Å². The average Bonchev–Trinajstić information content (AvgIpc) is 3.07. The third-order valence-corrected chi connectivity index (χ3v) is 4.49. The molecule has 2 N–H and O–H groups in total. The van der Waals surface area contributed by atoms with Gasteiger partial charge in [-0.25, -0.2) is 4.68 Å². The van der Waals surface area contributed by atoms with E-state index in [1.165, 1.54) is 0 Å². The Hall–Kier alpha value is -3.15. The van der Waals surface area contributed by atoms with Gasteiger partial charge in [0.2, 0.25) is 11.8 Å². The summed E-state index contributed by atoms with van der Waals surface area (Å²) < 4.78 is 1.87. The minimum Gasteiger partial charge on any atom is -0.355 e. The summed E-state index contributed by atoms with van der Waals surface area (Å²) >= 11 is 0. The first-order valence-electron chi connectivity index (χ1n) is 8.31. The van der Waals surface area contributed by atoms with Crippen molar-refractivity contribution in [2.24, 2.45) is 5.92 Å². The standard InChI is InChI=1S/C19H18N4O2/c24-18-10-5-14(11-20-18)19(25)22-15-6-8-16(9-7-15)23-17-4-2-1-3-13(17)12-21-23/h1-4,6-9,12,14H,5,10-11H2,(H,20,24)(H,22,25)/t14-/m0/s1. The largest absolute Gasteiger partial charge is 0.355 e. The molecule has 2 amide bonds. The van der Waals surface area contributed by atoms with Crippen LogP contribution in [0.25, 0.3) is 16.6 Å². The van der Waals surface area contributed by atoms with Gasteiger partial charge in [-0.05, 0) is 36.8 Å². The van der Waals surface area contributed by atoms with Gasteiger partial charge in [-0.2, -0.15) is 5.10 Å². The van der Waals surface area contributed by atoms with Gasteiger partial charge in [0.25, 0.3) is 0 Å². The van der Waals surface area contributed by atoms with Crippen LogP contribution >= 0.6 is 0 Å². The summed E-state index contributed by atoms with van der Waals surface area (Å²) in [7, 11) is 0. The quantitative estimate of drug-likeness (QED) is 0.773. The second-order valence-corrected chi connectivity index (χ2v) is 6.19. The number of nitrogens with one attached hydrogen (secondary N) is 2. The van der Waals surface area contributed by atoms with Gasteiger partial charge < -0.3 is 10.6 Å². The van der Waals surface area contributed by atoms with Crippen molar-refractivity contribution in [3.63, 3.8) is 0 Å². The van der Waals surface area contributed by atoms with E-state index in [-0.39, 0.29) is 17.7 Å². The number of hydrogen-bond donors (Lipinski definition) is 2. The van der Waals surface area contributed by atoms with Crippen LogP contribution in [-0.4, -0.2) is 28.1 Å². The van der Waals surface area contributed by atoms with Crippen LogP contribution < -0.4 is 10.6 Å². The van der Waals surface area contributed by atoms with Crippen LogP contribution in [-0.2, 0) is 9.59 Å². The number of amides is 2. The number of para-hydroxylation sites is 1. The van der Waals surface area contributed by atoms with Crippen molar-refractivity contribution in [2.75, 3.05) is 11.9 Å². The molecule has 1 atom stereocenters. The third-order valence-electron chi connectivity index (χ3n) is 4.49. The molecule has 0 bridgehead atoms. The highest BCUT2D eigenvalue weighted by Crippen LogP contribution is 2.20. The second kappa shape index (κ2) is 6.39. The Morgan fingerprint density at radius 1 is 1.16 bits per heavy atom. The Morgan fingerprint density at radius 2 is 1.96 bits per heavy atom. The van der Waals surface area contributed by atoms with E-state index in [9.17, 15) is 9.59 Å². The first-order chi connectivity index (χ1) is 12.2. The molecule has 0 radical (unpaired) electrons. The van der Waals surface area contributed by atoms with E-state index < -0.39 is 0 Å². The summed E-state index contributed by atoms with van der Waals surface area (Å²) in [6, 6.07) is 15.6. The first kappa shape index (κ1) is 15.4. The van der Waals surface area contributed by atoms with Crippen molar-refractivity contribution in [1.82, 2.24) is 15.1 Å². The van der Waals surface area contributed by atoms with Crippen LogP contribution in [0.5, 0.6) is 0 Å². The molecule has 1 aromatic heterocycles. The summed E-state index contributed by atoms with van der Waals surface area (Å²) in [5.74, 6) is -0.218. The molecule has 0 unspecified atom stereocenters. The lowest BCUT2D eigenvalue weighted by Crippen LogP contribution is -2.40. The number of rotatable bonds is 3. The number of piperidine rings is 1. The summed E-state index contributed by atoms with van der Waals surface area (Å²) in [6.07, 6.45) is 2.83. The molecule has 0 saturated carbocycles. The van der Waals surface area contributed by atoms with E-state index in [0.717, 1.165) is 22.3 Å². The zero-order chi connectivity index (χ0) is 17.2. The molecule has 0 aliphatic carbocycles. The van der Waals surface area contributed by atoms with Crippen LogP contribution in [0.15, 0.2) is 54.7 Å². The molecule has 1 saturated heterocycles. The van der Waals surface area contributed by atoms with E-state index in [2.05, 4.69) is 15.7 Å². The van der Waals surface area contributed by atoms with Crippen LogP contribution in [0.3, 0.4) is 0 Å². The highest BCUT2D eigenvalue weighted by atomic mass is 16.2. The first-order valence-corrected chi connectivity index (χ1v) is 8.31. The number of anilines is 1. The van der Waals surface area contributed by atoms with Crippen molar-refractivity contribution in [1.29, 1.82) is 0 Å². The predicted molar refractivity (Wildman–Crippen MR) is 95.4 cm³/mol. The van der Waals surface area contributed by atoms with E-state index in [0.29, 0.717) is 19.4 Å². The molecule has 1 fully saturated rings. The number of hydrogen-bond acceptors (Lipinski definition) is 3. The number of carbonyl (C=O) groups excluding carboxylic acids is 2. The lowest BCUT2D eigenvalue weighted by Gasteiger charge is -2.21. The van der Waals surface area contributed by atoms with Gasteiger partial charge in [0.15, 0.2) is 0 Å². The zero-order valence-corrected chi connectivity index (χ0v) is 13.6. The molecule has 2 aromatic carbocycles. The Bertz CT molecular complexity index is 920. The van der Waals surface area contributed by atoms with Crippen molar-refractivity contribution >= 4 is 28.4 Å². The maximum Gasteiger partial charge on any atom is 0.229 e. The average molecular weight is 334 g/mol. The Kier molecular flexibility index (Phi) is 3.93. The van der Waals surface area contributed by atoms with Gasteiger partial charge in [0.05, 0.1) is 23.3 Å². The Labute approximate surface area is 144 Å². The monoisotopic (exact) mass is 334 g/mol. The Balaban J connectivity index is 1.48. The van der Waals surface area contributed by atoms with Crippen molar-refractivity contribution in [2.45, 2.75) is 12.8 Å². The predicted octanol–water partition coefficient (Wildman–Crippen LogP) is 2.49. The fourth-order valence-electron chi connectivity index (χ4n) is 3.06. The maximum absolute atomic E-state index is 12.3. The van der Waals surface area contributed by atoms with Crippen LogP contribution in [0, 0.1) is 5.92 Å². The molecule has 4 rings (SSSR count). The number of carbonyl (C=O) groups is 2. The fourth-order valence-corrected chi connectivity index (χ4v) is 3.06. The zero-order valence-electron chi connectivity index (χ0n) is 13.6. The van der Waals surface area contributed by atoms with E-state index in [1.54, 1.807) is 0 Å². The molecule has 0 spiro atoms. The molecule has 25 heavy (non-hydrogen) atoms. The summed E-state index contributed by atoms with van der Waals surface area (Å²) in [4.78, 5) is 23.5. The van der Waals surface area contributed by atoms with Gasteiger partial charge in [-0.3, -0.25) is 9.59 Å².